The van der Waals surface area contributed by atoms with E-state index in [2.05, 4.69) is 32.8 Å². The summed E-state index contributed by atoms with van der Waals surface area (Å²) in [5.74, 6) is 2.02. The van der Waals surface area contributed by atoms with Crippen molar-refractivity contribution < 1.29 is 9.00 Å². The summed E-state index contributed by atoms with van der Waals surface area (Å²) in [4.78, 5) is 18.7. The highest BCUT2D eigenvalue weighted by Gasteiger charge is 2.21. The average Bonchev–Trinajstić information content (AvgIpc) is 2.74. The number of hydrogen-bond acceptors (Lipinski definition) is 4. The Balaban J connectivity index is 1.72. The number of nitrogens with zero attached hydrogens (tertiary/aromatic N) is 2. The number of guanidine groups is 1. The maximum absolute atomic E-state index is 12.3. The zero-order chi connectivity index (χ0) is 21.6. The minimum atomic E-state index is -0.919. The van der Waals surface area contributed by atoms with Crippen molar-refractivity contribution in [1.82, 2.24) is 20.9 Å². The number of aliphatic imine (C=N–C) groups is 1. The molecule has 0 saturated carbocycles. The second kappa shape index (κ2) is 14.1. The van der Waals surface area contributed by atoms with Crippen molar-refractivity contribution >= 4 is 22.7 Å². The Bertz CT molecular complexity index is 675. The first-order chi connectivity index (χ1) is 14.6. The van der Waals surface area contributed by atoms with Crippen LogP contribution in [-0.4, -0.2) is 72.0 Å². The molecule has 1 heterocycles. The molecule has 168 valence electrons. The normalized spacial score (nSPS) is 16.8. The van der Waals surface area contributed by atoms with Gasteiger partial charge in [0, 0.05) is 54.5 Å². The van der Waals surface area contributed by atoms with Crippen LogP contribution in [0, 0.1) is 0 Å². The summed E-state index contributed by atoms with van der Waals surface area (Å²) in [6.45, 7) is 8.45. The van der Waals surface area contributed by atoms with E-state index in [4.69, 9.17) is 0 Å². The molecule has 1 fully saturated rings. The first kappa shape index (κ1) is 24.3. The number of nitrogens with one attached hydrogen (secondary N) is 3. The minimum absolute atomic E-state index is 0.113. The van der Waals surface area contributed by atoms with Gasteiger partial charge in [0.2, 0.25) is 5.91 Å². The lowest BCUT2D eigenvalue weighted by atomic mass is 10.1. The lowest BCUT2D eigenvalue weighted by Gasteiger charge is -2.32. The summed E-state index contributed by atoms with van der Waals surface area (Å²) in [7, 11) is -0.919. The van der Waals surface area contributed by atoms with Gasteiger partial charge in [-0.25, -0.2) is 0 Å². The molecule has 1 aromatic rings. The van der Waals surface area contributed by atoms with Crippen LogP contribution in [0.15, 0.2) is 35.3 Å². The monoisotopic (exact) mass is 435 g/mol. The zero-order valence-electron chi connectivity index (χ0n) is 18.4. The van der Waals surface area contributed by atoms with Crippen molar-refractivity contribution in [2.75, 3.05) is 45.0 Å². The topological polar surface area (TPSA) is 85.8 Å². The Kier molecular flexibility index (Phi) is 11.5. The van der Waals surface area contributed by atoms with Gasteiger partial charge >= 0.3 is 0 Å². The predicted molar refractivity (Wildman–Crippen MR) is 125 cm³/mol. The molecule has 3 N–H and O–H groups in total. The van der Waals surface area contributed by atoms with E-state index in [1.807, 2.05) is 37.3 Å². The summed E-state index contributed by atoms with van der Waals surface area (Å²) < 4.78 is 12.3. The van der Waals surface area contributed by atoms with Gasteiger partial charge in [-0.1, -0.05) is 37.3 Å². The number of carbonyl (C=O) groups excluding carboxylic acids is 1. The highest BCUT2D eigenvalue weighted by Crippen LogP contribution is 2.10. The molecule has 1 saturated heterocycles. The molecule has 0 spiro atoms. The molecule has 0 bridgehead atoms. The van der Waals surface area contributed by atoms with Gasteiger partial charge in [0.25, 0.3) is 0 Å². The number of rotatable bonds is 11. The molecule has 1 atom stereocenters. The molecule has 1 aliphatic heterocycles. The van der Waals surface area contributed by atoms with E-state index in [-0.39, 0.29) is 5.91 Å². The SMILES string of the molecule is CCCNC(=O)CN1CCC(NC(=NCCS(=O)Cc2ccccc2)NCC)CC1. The third-order valence-electron chi connectivity index (χ3n) is 4.97. The van der Waals surface area contributed by atoms with Crippen LogP contribution < -0.4 is 16.0 Å². The summed E-state index contributed by atoms with van der Waals surface area (Å²) >= 11 is 0. The van der Waals surface area contributed by atoms with Crippen molar-refractivity contribution in [2.45, 2.75) is 44.9 Å². The fraction of sp³-hybridized carbons (Fsp3) is 0.636. The Morgan fingerprint density at radius 2 is 1.90 bits per heavy atom. The number of carbonyl (C=O) groups is 1. The van der Waals surface area contributed by atoms with Crippen LogP contribution in [0.2, 0.25) is 0 Å². The smallest absolute Gasteiger partial charge is 0.234 e. The van der Waals surface area contributed by atoms with Gasteiger partial charge in [0.1, 0.15) is 0 Å². The quantitative estimate of drug-likeness (QED) is 0.362. The van der Waals surface area contributed by atoms with E-state index in [9.17, 15) is 9.00 Å². The van der Waals surface area contributed by atoms with Crippen LogP contribution in [-0.2, 0) is 21.3 Å². The molecule has 0 aliphatic carbocycles. The molecule has 0 radical (unpaired) electrons. The summed E-state index contributed by atoms with van der Waals surface area (Å²) in [5, 5.41) is 9.72. The van der Waals surface area contributed by atoms with Gasteiger partial charge in [0.05, 0.1) is 13.1 Å². The Morgan fingerprint density at radius 3 is 2.57 bits per heavy atom. The first-order valence-corrected chi connectivity index (χ1v) is 12.5. The van der Waals surface area contributed by atoms with Crippen LogP contribution in [0.3, 0.4) is 0 Å². The molecule has 2 rings (SSSR count). The third kappa shape index (κ3) is 9.71. The second-order valence-corrected chi connectivity index (χ2v) is 9.16. The lowest BCUT2D eigenvalue weighted by molar-refractivity contribution is -0.122. The minimum Gasteiger partial charge on any atom is -0.357 e. The van der Waals surface area contributed by atoms with Crippen LogP contribution in [0.1, 0.15) is 38.7 Å². The highest BCUT2D eigenvalue weighted by atomic mass is 32.2. The number of amides is 1. The molecule has 30 heavy (non-hydrogen) atoms. The molecule has 1 unspecified atom stereocenters. The van der Waals surface area contributed by atoms with Gasteiger partial charge in [-0.2, -0.15) is 0 Å². The van der Waals surface area contributed by atoms with Crippen molar-refractivity contribution in [3.8, 4) is 0 Å². The molecule has 8 heteroatoms. The largest absolute Gasteiger partial charge is 0.357 e. The Labute approximate surface area is 183 Å². The van der Waals surface area contributed by atoms with Gasteiger partial charge in [0.15, 0.2) is 5.96 Å². The molecular weight excluding hydrogens is 398 g/mol. The Morgan fingerprint density at radius 1 is 1.17 bits per heavy atom. The number of benzene rings is 1. The van der Waals surface area contributed by atoms with Gasteiger partial charge in [-0.3, -0.25) is 18.9 Å². The van der Waals surface area contributed by atoms with E-state index in [1.165, 1.54) is 0 Å². The standard InChI is InChI=1S/C22H37N5O2S/c1-3-12-24-21(28)17-27-14-10-20(11-15-27)26-22(23-4-2)25-13-16-30(29)18-19-8-6-5-7-9-19/h5-9,20H,3-4,10-18H2,1-2H3,(H,24,28)(H2,23,25,26). The van der Waals surface area contributed by atoms with E-state index >= 15 is 0 Å². The average molecular weight is 436 g/mol. The summed E-state index contributed by atoms with van der Waals surface area (Å²) in [6, 6.07) is 10.3. The van der Waals surface area contributed by atoms with E-state index in [1.54, 1.807) is 0 Å². The number of piperidine rings is 1. The maximum Gasteiger partial charge on any atom is 0.234 e. The van der Waals surface area contributed by atoms with E-state index in [0.717, 1.165) is 57.0 Å². The fourth-order valence-corrected chi connectivity index (χ4v) is 4.37. The van der Waals surface area contributed by atoms with Crippen molar-refractivity contribution in [2.24, 2.45) is 4.99 Å². The van der Waals surface area contributed by atoms with Gasteiger partial charge < -0.3 is 16.0 Å². The number of likely N-dealkylation sites (tertiary alicyclic amines) is 1. The second-order valence-electron chi connectivity index (χ2n) is 7.58. The fourth-order valence-electron chi connectivity index (χ4n) is 3.36. The first-order valence-electron chi connectivity index (χ1n) is 11.0. The van der Waals surface area contributed by atoms with Crippen molar-refractivity contribution in [1.29, 1.82) is 0 Å². The highest BCUT2D eigenvalue weighted by molar-refractivity contribution is 7.84. The molecule has 0 aromatic heterocycles. The van der Waals surface area contributed by atoms with Crippen LogP contribution in [0.4, 0.5) is 0 Å². The third-order valence-corrected chi connectivity index (χ3v) is 6.26. The molecular formula is C22H37N5O2S. The zero-order valence-corrected chi connectivity index (χ0v) is 19.2. The Hall–Kier alpha value is -1.93. The van der Waals surface area contributed by atoms with E-state index < -0.39 is 10.8 Å². The van der Waals surface area contributed by atoms with E-state index in [0.29, 0.717) is 30.6 Å². The van der Waals surface area contributed by atoms with Crippen LogP contribution >= 0.6 is 0 Å². The molecule has 1 aromatic carbocycles. The van der Waals surface area contributed by atoms with Crippen LogP contribution in [0.5, 0.6) is 0 Å². The molecule has 7 nitrogen and oxygen atoms in total. The summed E-state index contributed by atoms with van der Waals surface area (Å²) in [5.41, 5.74) is 1.10. The molecule has 1 amide bonds. The van der Waals surface area contributed by atoms with Crippen molar-refractivity contribution in [3.05, 3.63) is 35.9 Å². The van der Waals surface area contributed by atoms with Crippen LogP contribution in [0.25, 0.3) is 0 Å². The lowest BCUT2D eigenvalue weighted by Crippen LogP contribution is -2.50. The number of hydrogen-bond donors (Lipinski definition) is 3. The molecule has 1 aliphatic rings. The van der Waals surface area contributed by atoms with Crippen molar-refractivity contribution in [3.63, 3.8) is 0 Å². The summed E-state index contributed by atoms with van der Waals surface area (Å²) in [6.07, 6.45) is 2.92. The predicted octanol–water partition coefficient (Wildman–Crippen LogP) is 1.48. The maximum atomic E-state index is 12.3. The van der Waals surface area contributed by atoms with Gasteiger partial charge in [-0.05, 0) is 31.7 Å². The van der Waals surface area contributed by atoms with Gasteiger partial charge in [-0.15, -0.1) is 0 Å².